The van der Waals surface area contributed by atoms with Gasteiger partial charge in [-0.25, -0.2) is 15.0 Å². The summed E-state index contributed by atoms with van der Waals surface area (Å²) in [6.45, 7) is 1.58. The monoisotopic (exact) mass is 493 g/mol. The number of morpholine rings is 1. The molecule has 2 aliphatic rings. The third-order valence-electron chi connectivity index (χ3n) is 6.87. The summed E-state index contributed by atoms with van der Waals surface area (Å²) < 4.78 is 38.3. The second-order valence-corrected chi connectivity index (χ2v) is 9.31. The number of benzene rings is 1. The Bertz CT molecular complexity index is 1400. The standard InChI is InChI=1S/C26H25F2N5O3/c1-26(34)12-19(18-4-2-3-5-20(18)36-24(27)28)22-23(26)31-21-7-6-16(15-33(21)22)17-13-29-25(30-14-17)32-8-10-35-11-9-32/h2-7,13-15,19,24,34H,8-12H2,1H3/t19-,26?/m1/s1. The first-order chi connectivity index (χ1) is 17.4. The molecule has 1 saturated heterocycles. The van der Waals surface area contributed by atoms with Crippen molar-refractivity contribution < 1.29 is 23.4 Å². The second kappa shape index (κ2) is 8.79. The van der Waals surface area contributed by atoms with Gasteiger partial charge in [0.2, 0.25) is 5.95 Å². The van der Waals surface area contributed by atoms with E-state index in [0.29, 0.717) is 42.5 Å². The van der Waals surface area contributed by atoms with Gasteiger partial charge in [0, 0.05) is 54.3 Å². The van der Waals surface area contributed by atoms with Crippen LogP contribution in [0, 0.1) is 0 Å². The fourth-order valence-electron chi connectivity index (χ4n) is 5.18. The third kappa shape index (κ3) is 3.96. The highest BCUT2D eigenvalue weighted by Crippen LogP contribution is 2.49. The predicted molar refractivity (Wildman–Crippen MR) is 128 cm³/mol. The Balaban J connectivity index is 1.41. The SMILES string of the molecule is CC1(O)C[C@H](c2ccccc2OC(F)F)c2c1nc1ccc(-c3cnc(N4CCOCC4)nc3)cn21. The fraction of sp³-hybridized carbons (Fsp3) is 0.346. The summed E-state index contributed by atoms with van der Waals surface area (Å²) >= 11 is 0. The highest BCUT2D eigenvalue weighted by molar-refractivity contribution is 5.65. The summed E-state index contributed by atoms with van der Waals surface area (Å²) in [6.07, 6.45) is 5.81. The molecule has 0 saturated carbocycles. The zero-order valence-corrected chi connectivity index (χ0v) is 19.6. The largest absolute Gasteiger partial charge is 0.435 e. The molecule has 0 radical (unpaired) electrons. The van der Waals surface area contributed by atoms with Crippen molar-refractivity contribution in [2.45, 2.75) is 31.5 Å². The fourth-order valence-corrected chi connectivity index (χ4v) is 5.18. The predicted octanol–water partition coefficient (Wildman–Crippen LogP) is 3.97. The van der Waals surface area contributed by atoms with Crippen molar-refractivity contribution in [3.05, 3.63) is 71.9 Å². The summed E-state index contributed by atoms with van der Waals surface area (Å²) in [6, 6.07) is 10.5. The molecule has 36 heavy (non-hydrogen) atoms. The van der Waals surface area contributed by atoms with Gasteiger partial charge in [-0.2, -0.15) is 8.78 Å². The molecule has 4 heterocycles. The lowest BCUT2D eigenvalue weighted by Gasteiger charge is -2.26. The second-order valence-electron chi connectivity index (χ2n) is 9.31. The molecule has 0 bridgehead atoms. The van der Waals surface area contributed by atoms with Gasteiger partial charge in [-0.3, -0.25) is 0 Å². The Morgan fingerprint density at radius 1 is 1.08 bits per heavy atom. The van der Waals surface area contributed by atoms with Crippen LogP contribution >= 0.6 is 0 Å². The van der Waals surface area contributed by atoms with E-state index >= 15 is 0 Å². The molecule has 6 rings (SSSR count). The summed E-state index contributed by atoms with van der Waals surface area (Å²) in [7, 11) is 0. The number of imidazole rings is 1. The number of fused-ring (bicyclic) bond motifs is 3. The summed E-state index contributed by atoms with van der Waals surface area (Å²) in [5.41, 5.74) is 3.03. The van der Waals surface area contributed by atoms with Crippen LogP contribution in [-0.4, -0.2) is 57.4 Å². The van der Waals surface area contributed by atoms with Crippen LogP contribution in [0.1, 0.15) is 36.2 Å². The van der Waals surface area contributed by atoms with Crippen LogP contribution in [0.15, 0.2) is 55.0 Å². The number of halogens is 2. The molecule has 0 spiro atoms. The van der Waals surface area contributed by atoms with Crippen LogP contribution in [0.2, 0.25) is 0 Å². The first kappa shape index (κ1) is 22.8. The third-order valence-corrected chi connectivity index (χ3v) is 6.87. The number of rotatable bonds is 5. The lowest BCUT2D eigenvalue weighted by atomic mass is 9.93. The van der Waals surface area contributed by atoms with E-state index in [4.69, 9.17) is 14.5 Å². The van der Waals surface area contributed by atoms with Gasteiger partial charge in [-0.1, -0.05) is 18.2 Å². The molecule has 186 valence electrons. The number of nitrogens with zero attached hydrogens (tertiary/aromatic N) is 5. The van der Waals surface area contributed by atoms with Crippen molar-refractivity contribution in [2.24, 2.45) is 0 Å². The number of aromatic nitrogens is 4. The Kier molecular flexibility index (Phi) is 5.57. The van der Waals surface area contributed by atoms with E-state index in [-0.39, 0.29) is 11.7 Å². The number of anilines is 1. The molecule has 10 heteroatoms. The van der Waals surface area contributed by atoms with E-state index in [2.05, 4.69) is 14.9 Å². The Hall–Kier alpha value is -3.63. The quantitative estimate of drug-likeness (QED) is 0.450. The topological polar surface area (TPSA) is 85.0 Å². The van der Waals surface area contributed by atoms with Crippen molar-refractivity contribution in [3.8, 4) is 16.9 Å². The molecule has 1 aromatic carbocycles. The van der Waals surface area contributed by atoms with E-state index in [1.807, 2.05) is 22.7 Å². The normalized spacial score (nSPS) is 21.8. The van der Waals surface area contributed by atoms with Gasteiger partial charge in [0.05, 0.1) is 24.6 Å². The number of pyridine rings is 1. The van der Waals surface area contributed by atoms with Crippen molar-refractivity contribution in [1.29, 1.82) is 0 Å². The lowest BCUT2D eigenvalue weighted by Crippen LogP contribution is -2.37. The maximum Gasteiger partial charge on any atom is 0.387 e. The van der Waals surface area contributed by atoms with Gasteiger partial charge < -0.3 is 23.9 Å². The smallest absolute Gasteiger partial charge is 0.387 e. The highest BCUT2D eigenvalue weighted by Gasteiger charge is 2.44. The van der Waals surface area contributed by atoms with Gasteiger partial charge in [0.1, 0.15) is 17.0 Å². The molecule has 1 fully saturated rings. The van der Waals surface area contributed by atoms with E-state index < -0.39 is 12.2 Å². The minimum atomic E-state index is -2.94. The van der Waals surface area contributed by atoms with E-state index in [1.54, 1.807) is 37.5 Å². The van der Waals surface area contributed by atoms with Gasteiger partial charge >= 0.3 is 6.61 Å². The van der Waals surface area contributed by atoms with Gasteiger partial charge in [-0.05, 0) is 31.5 Å². The molecule has 1 unspecified atom stereocenters. The average molecular weight is 494 g/mol. The molecular formula is C26H25F2N5O3. The summed E-state index contributed by atoms with van der Waals surface area (Å²) in [5.74, 6) is 0.382. The van der Waals surface area contributed by atoms with E-state index in [9.17, 15) is 13.9 Å². The molecule has 3 aromatic heterocycles. The zero-order valence-electron chi connectivity index (χ0n) is 19.6. The van der Waals surface area contributed by atoms with Crippen LogP contribution < -0.4 is 9.64 Å². The van der Waals surface area contributed by atoms with Crippen molar-refractivity contribution in [3.63, 3.8) is 0 Å². The number of hydrogen-bond acceptors (Lipinski definition) is 7. The van der Waals surface area contributed by atoms with E-state index in [0.717, 1.165) is 29.9 Å². The van der Waals surface area contributed by atoms with Crippen LogP contribution in [0.5, 0.6) is 5.75 Å². The van der Waals surface area contributed by atoms with Crippen molar-refractivity contribution >= 4 is 11.6 Å². The molecule has 4 aromatic rings. The van der Waals surface area contributed by atoms with Gasteiger partial charge in [-0.15, -0.1) is 0 Å². The van der Waals surface area contributed by atoms with Gasteiger partial charge in [0.15, 0.2) is 0 Å². The minimum Gasteiger partial charge on any atom is -0.435 e. The first-order valence-corrected chi connectivity index (χ1v) is 11.8. The van der Waals surface area contributed by atoms with Crippen LogP contribution in [0.3, 0.4) is 0 Å². The van der Waals surface area contributed by atoms with Crippen LogP contribution in [0.25, 0.3) is 16.8 Å². The number of para-hydroxylation sites is 1. The zero-order chi connectivity index (χ0) is 24.9. The molecule has 8 nitrogen and oxygen atoms in total. The Morgan fingerprint density at radius 3 is 2.58 bits per heavy atom. The molecule has 2 atom stereocenters. The van der Waals surface area contributed by atoms with Crippen LogP contribution in [-0.2, 0) is 10.3 Å². The number of hydrogen-bond donors (Lipinski definition) is 1. The summed E-state index contributed by atoms with van der Waals surface area (Å²) in [4.78, 5) is 15.9. The summed E-state index contributed by atoms with van der Waals surface area (Å²) in [5, 5.41) is 11.2. The van der Waals surface area contributed by atoms with Crippen LogP contribution in [0.4, 0.5) is 14.7 Å². The maximum absolute atomic E-state index is 13.1. The number of aliphatic hydroxyl groups is 1. The van der Waals surface area contributed by atoms with Crippen molar-refractivity contribution in [2.75, 3.05) is 31.2 Å². The molecule has 1 aliphatic heterocycles. The van der Waals surface area contributed by atoms with Gasteiger partial charge in [0.25, 0.3) is 0 Å². The molecule has 0 amide bonds. The maximum atomic E-state index is 13.1. The highest BCUT2D eigenvalue weighted by atomic mass is 19.3. The average Bonchev–Trinajstić information content (AvgIpc) is 3.39. The Labute approximate surface area is 206 Å². The Morgan fingerprint density at radius 2 is 1.83 bits per heavy atom. The number of ether oxygens (including phenoxy) is 2. The first-order valence-electron chi connectivity index (χ1n) is 11.8. The molecular weight excluding hydrogens is 468 g/mol. The lowest BCUT2D eigenvalue weighted by molar-refractivity contribution is -0.0506. The molecule has 1 aliphatic carbocycles. The molecule has 1 N–H and O–H groups in total. The van der Waals surface area contributed by atoms with E-state index in [1.165, 1.54) is 6.07 Å². The minimum absolute atomic E-state index is 0.0966. The van der Waals surface area contributed by atoms with Crippen molar-refractivity contribution in [1.82, 2.24) is 19.4 Å². The number of alkyl halides is 2.